The Morgan fingerprint density at radius 1 is 1.13 bits per heavy atom. The lowest BCUT2D eigenvalue weighted by atomic mass is 10.2. The number of hydrogen-bond donors (Lipinski definition) is 3. The van der Waals surface area contributed by atoms with Gasteiger partial charge in [0.15, 0.2) is 11.5 Å². The fraction of sp³-hybridized carbons (Fsp3) is 0.200. The normalized spacial score (nSPS) is 11.2. The Morgan fingerprint density at radius 2 is 1.80 bits per heavy atom. The first-order valence-electron chi connectivity index (χ1n) is 8.75. The molecular formula is C20H22N2O7S. The van der Waals surface area contributed by atoms with Crippen LogP contribution >= 0.6 is 0 Å². The molecule has 3 N–H and O–H groups in total. The number of aromatic nitrogens is 2. The van der Waals surface area contributed by atoms with E-state index in [0.717, 1.165) is 5.56 Å². The summed E-state index contributed by atoms with van der Waals surface area (Å²) in [6, 6.07) is 10.6. The zero-order valence-electron chi connectivity index (χ0n) is 16.6. The summed E-state index contributed by atoms with van der Waals surface area (Å²) in [5.74, 6) is 0.672. The molecule has 0 amide bonds. The summed E-state index contributed by atoms with van der Waals surface area (Å²) < 4.78 is 37.4. The molecule has 160 valence electrons. The highest BCUT2D eigenvalue weighted by Gasteiger charge is 2.11. The highest BCUT2D eigenvalue weighted by atomic mass is 32.2. The highest BCUT2D eigenvalue weighted by Crippen LogP contribution is 2.28. The van der Waals surface area contributed by atoms with Gasteiger partial charge < -0.3 is 19.6 Å². The molecule has 0 bridgehead atoms. The van der Waals surface area contributed by atoms with E-state index in [9.17, 15) is 18.3 Å². The van der Waals surface area contributed by atoms with Crippen LogP contribution in [0.4, 0.5) is 0 Å². The summed E-state index contributed by atoms with van der Waals surface area (Å²) >= 11 is 0. The van der Waals surface area contributed by atoms with Crippen molar-refractivity contribution in [1.82, 2.24) is 9.97 Å². The minimum absolute atomic E-state index is 0.175. The topological polar surface area (TPSA) is 139 Å². The second-order valence-corrected chi connectivity index (χ2v) is 7.69. The first-order chi connectivity index (χ1) is 14.2. The van der Waals surface area contributed by atoms with Crippen LogP contribution in [-0.2, 0) is 10.1 Å². The smallest absolute Gasteiger partial charge is 0.337 e. The fourth-order valence-corrected chi connectivity index (χ4v) is 2.43. The number of nitrogens with one attached hydrogen (secondary N) is 1. The molecule has 0 atom stereocenters. The predicted octanol–water partition coefficient (Wildman–Crippen LogP) is 3.34. The van der Waals surface area contributed by atoms with E-state index >= 15 is 0 Å². The lowest BCUT2D eigenvalue weighted by Gasteiger charge is -2.07. The molecule has 2 aromatic carbocycles. The molecule has 3 rings (SSSR count). The van der Waals surface area contributed by atoms with Gasteiger partial charge in [0, 0.05) is 0 Å². The lowest BCUT2D eigenvalue weighted by molar-refractivity contribution is 0.0699. The van der Waals surface area contributed by atoms with Crippen molar-refractivity contribution in [1.29, 1.82) is 0 Å². The molecule has 3 aromatic rings. The van der Waals surface area contributed by atoms with Gasteiger partial charge in [0.1, 0.15) is 11.3 Å². The summed E-state index contributed by atoms with van der Waals surface area (Å²) in [7, 11) is -0.496. The second-order valence-electron chi connectivity index (χ2n) is 5.95. The fourth-order valence-electron chi connectivity index (χ4n) is 2.43. The molecule has 0 fully saturated rings. The van der Waals surface area contributed by atoms with E-state index in [1.54, 1.807) is 32.4 Å². The van der Waals surface area contributed by atoms with Gasteiger partial charge in [-0.25, -0.2) is 9.78 Å². The highest BCUT2D eigenvalue weighted by molar-refractivity contribution is 7.85. The van der Waals surface area contributed by atoms with E-state index in [4.69, 9.17) is 14.0 Å². The van der Waals surface area contributed by atoms with Crippen LogP contribution in [0.2, 0.25) is 0 Å². The van der Waals surface area contributed by atoms with Crippen LogP contribution in [0.25, 0.3) is 23.2 Å². The third-order valence-electron chi connectivity index (χ3n) is 3.97. The summed E-state index contributed by atoms with van der Waals surface area (Å²) in [5, 5.41) is 9.21. The minimum atomic E-state index is -3.66. The van der Waals surface area contributed by atoms with Crippen molar-refractivity contribution in [3.05, 3.63) is 53.3 Å². The van der Waals surface area contributed by atoms with Gasteiger partial charge in [-0.15, -0.1) is 0 Å². The Kier molecular flexibility index (Phi) is 7.56. The third kappa shape index (κ3) is 6.06. The zero-order chi connectivity index (χ0) is 22.3. The molecule has 0 saturated heterocycles. The Morgan fingerprint density at radius 3 is 2.37 bits per heavy atom. The van der Waals surface area contributed by atoms with Crippen LogP contribution in [0.1, 0.15) is 28.7 Å². The number of carboxylic acids is 1. The maximum Gasteiger partial charge on any atom is 0.337 e. The van der Waals surface area contributed by atoms with Gasteiger partial charge in [0.25, 0.3) is 10.1 Å². The van der Waals surface area contributed by atoms with Crippen LogP contribution < -0.4 is 9.47 Å². The maximum atomic E-state index is 11.2. The number of para-hydroxylation sites is 1. The first-order valence-corrected chi connectivity index (χ1v) is 10.4. The van der Waals surface area contributed by atoms with Crippen LogP contribution in [0.5, 0.6) is 11.5 Å². The third-order valence-corrected chi connectivity index (χ3v) is 4.70. The van der Waals surface area contributed by atoms with E-state index in [1.165, 1.54) is 13.0 Å². The molecule has 0 aliphatic carbocycles. The van der Waals surface area contributed by atoms with Gasteiger partial charge in [-0.3, -0.25) is 4.55 Å². The SMILES string of the molecule is CCS(=O)(=O)O.COc1ccc(/C=C/c2nc3c(C(=O)O)cccc3[nH]2)cc1OC. The number of imidazole rings is 1. The number of carbonyl (C=O) groups is 1. The average molecular weight is 434 g/mol. The number of benzene rings is 2. The van der Waals surface area contributed by atoms with Crippen molar-refractivity contribution >= 4 is 39.3 Å². The van der Waals surface area contributed by atoms with Crippen molar-refractivity contribution in [2.75, 3.05) is 20.0 Å². The number of nitrogens with zero attached hydrogens (tertiary/aromatic N) is 1. The van der Waals surface area contributed by atoms with E-state index in [-0.39, 0.29) is 11.3 Å². The van der Waals surface area contributed by atoms with Crippen molar-refractivity contribution in [3.63, 3.8) is 0 Å². The first kappa shape index (κ1) is 22.9. The molecule has 0 unspecified atom stereocenters. The molecule has 1 heterocycles. The molecule has 9 nitrogen and oxygen atoms in total. The van der Waals surface area contributed by atoms with Crippen molar-refractivity contribution in [3.8, 4) is 11.5 Å². The molecule has 1 aromatic heterocycles. The Bertz CT molecular complexity index is 1170. The molecule has 0 radical (unpaired) electrons. The monoisotopic (exact) mass is 434 g/mol. The summed E-state index contributed by atoms with van der Waals surface area (Å²) in [6.45, 7) is 1.37. The Balaban J connectivity index is 0.000000469. The number of carboxylic acid groups (broad SMARTS) is 1. The van der Waals surface area contributed by atoms with Gasteiger partial charge in [-0.05, 0) is 42.8 Å². The van der Waals surface area contributed by atoms with Gasteiger partial charge in [-0.1, -0.05) is 18.2 Å². The van der Waals surface area contributed by atoms with Crippen LogP contribution in [0.3, 0.4) is 0 Å². The van der Waals surface area contributed by atoms with E-state index in [1.807, 2.05) is 24.3 Å². The predicted molar refractivity (Wildman–Crippen MR) is 114 cm³/mol. The standard InChI is InChI=1S/C18H16N2O4.C2H6O3S/c1-23-14-8-6-11(10-15(14)24-2)7-9-16-19-13-5-3-4-12(18(21)22)17(13)20-16;1-2-6(3,4)5/h3-10H,1-2H3,(H,19,20)(H,21,22);2H2,1H3,(H,3,4,5)/b9-7+;. The number of ether oxygens (including phenoxy) is 2. The van der Waals surface area contributed by atoms with Crippen molar-refractivity contribution in [2.24, 2.45) is 0 Å². The molecule has 0 aliphatic rings. The number of hydrogen-bond acceptors (Lipinski definition) is 6. The van der Waals surface area contributed by atoms with Gasteiger partial charge in [-0.2, -0.15) is 8.42 Å². The van der Waals surface area contributed by atoms with Crippen LogP contribution in [-0.4, -0.2) is 54.0 Å². The number of methoxy groups -OCH3 is 2. The minimum Gasteiger partial charge on any atom is -0.493 e. The van der Waals surface area contributed by atoms with Gasteiger partial charge in [0.2, 0.25) is 0 Å². The number of aromatic carboxylic acids is 1. The van der Waals surface area contributed by atoms with Crippen LogP contribution in [0, 0.1) is 0 Å². The van der Waals surface area contributed by atoms with E-state index in [2.05, 4.69) is 9.97 Å². The maximum absolute atomic E-state index is 11.2. The second kappa shape index (κ2) is 9.90. The van der Waals surface area contributed by atoms with Gasteiger partial charge >= 0.3 is 5.97 Å². The summed E-state index contributed by atoms with van der Waals surface area (Å²) in [6.07, 6.45) is 3.65. The molecule has 30 heavy (non-hydrogen) atoms. The zero-order valence-corrected chi connectivity index (χ0v) is 17.4. The van der Waals surface area contributed by atoms with Crippen molar-refractivity contribution < 1.29 is 32.3 Å². The Hall–Kier alpha value is -3.37. The number of aromatic amines is 1. The lowest BCUT2D eigenvalue weighted by Crippen LogP contribution is -1.97. The largest absolute Gasteiger partial charge is 0.493 e. The number of H-pyrrole nitrogens is 1. The van der Waals surface area contributed by atoms with Gasteiger partial charge in [0.05, 0.1) is 31.1 Å². The summed E-state index contributed by atoms with van der Waals surface area (Å²) in [5.41, 5.74) is 2.21. The summed E-state index contributed by atoms with van der Waals surface area (Å²) in [4.78, 5) is 18.7. The molecule has 10 heteroatoms. The quantitative estimate of drug-likeness (QED) is 0.502. The molecule has 0 saturated carbocycles. The molecule has 0 spiro atoms. The molecule has 0 aliphatic heterocycles. The molecular weight excluding hydrogens is 412 g/mol. The van der Waals surface area contributed by atoms with E-state index in [0.29, 0.717) is 28.4 Å². The van der Waals surface area contributed by atoms with Crippen LogP contribution in [0.15, 0.2) is 36.4 Å². The average Bonchev–Trinajstić information content (AvgIpc) is 3.14. The Labute approximate surface area is 173 Å². The van der Waals surface area contributed by atoms with Crippen molar-refractivity contribution in [2.45, 2.75) is 6.92 Å². The van der Waals surface area contributed by atoms with E-state index < -0.39 is 16.1 Å². The number of fused-ring (bicyclic) bond motifs is 1. The number of rotatable bonds is 6.